The van der Waals surface area contributed by atoms with Gasteiger partial charge in [0, 0.05) is 0 Å². The first kappa shape index (κ1) is 15.1. The van der Waals surface area contributed by atoms with Gasteiger partial charge in [0.25, 0.3) is 0 Å². The summed E-state index contributed by atoms with van der Waals surface area (Å²) in [7, 11) is 0. The second kappa shape index (κ2) is 5.60. The molecule has 5 nitrogen and oxygen atoms in total. The summed E-state index contributed by atoms with van der Waals surface area (Å²) >= 11 is 0. The number of rotatable bonds is 2. The van der Waals surface area contributed by atoms with Gasteiger partial charge in [-0.1, -0.05) is 18.2 Å². The molecule has 5 heteroatoms. The maximum absolute atomic E-state index is 11.9. The molecule has 1 atom stereocenters. The van der Waals surface area contributed by atoms with Crippen molar-refractivity contribution >= 4 is 16.9 Å². The SMILES string of the molecule is C[C@H](NC(=O)OC(C)(C)C)c1cc2ccccc2c(=O)o1. The molecule has 112 valence electrons. The van der Waals surface area contributed by atoms with E-state index in [-0.39, 0.29) is 0 Å². The minimum Gasteiger partial charge on any atom is -0.444 e. The summed E-state index contributed by atoms with van der Waals surface area (Å²) in [6.07, 6.45) is -0.550. The maximum Gasteiger partial charge on any atom is 0.408 e. The van der Waals surface area contributed by atoms with Crippen LogP contribution >= 0.6 is 0 Å². The Morgan fingerprint density at radius 3 is 2.62 bits per heavy atom. The Kier molecular flexibility index (Phi) is 4.02. The number of carbonyl (C=O) groups excluding carboxylic acids is 1. The van der Waals surface area contributed by atoms with Gasteiger partial charge in [0.15, 0.2) is 0 Å². The molecule has 2 aromatic rings. The summed E-state index contributed by atoms with van der Waals surface area (Å²) in [6, 6.07) is 8.45. The van der Waals surface area contributed by atoms with Crippen LogP contribution < -0.4 is 10.9 Å². The van der Waals surface area contributed by atoms with Crippen molar-refractivity contribution in [1.29, 1.82) is 0 Å². The average molecular weight is 289 g/mol. The van der Waals surface area contributed by atoms with Crippen LogP contribution in [0.5, 0.6) is 0 Å². The Morgan fingerprint density at radius 1 is 1.29 bits per heavy atom. The maximum atomic E-state index is 11.9. The lowest BCUT2D eigenvalue weighted by molar-refractivity contribution is 0.0501. The highest BCUT2D eigenvalue weighted by atomic mass is 16.6. The molecular formula is C16H19NO4. The van der Waals surface area contributed by atoms with Crippen molar-refractivity contribution in [3.63, 3.8) is 0 Å². The molecule has 0 aliphatic carbocycles. The highest BCUT2D eigenvalue weighted by Gasteiger charge is 2.19. The second-order valence-electron chi connectivity index (χ2n) is 5.89. The number of ether oxygens (including phenoxy) is 1. The number of fused-ring (bicyclic) bond motifs is 1. The van der Waals surface area contributed by atoms with Crippen molar-refractivity contribution in [2.45, 2.75) is 39.3 Å². The quantitative estimate of drug-likeness (QED) is 0.920. The molecule has 0 aliphatic rings. The molecule has 0 unspecified atom stereocenters. The number of alkyl carbamates (subject to hydrolysis) is 1. The van der Waals surface area contributed by atoms with E-state index in [1.54, 1.807) is 45.9 Å². The monoisotopic (exact) mass is 289 g/mol. The van der Waals surface area contributed by atoms with Gasteiger partial charge in [-0.2, -0.15) is 0 Å². The van der Waals surface area contributed by atoms with E-state index in [1.165, 1.54) is 0 Å². The molecule has 21 heavy (non-hydrogen) atoms. The Labute approximate surface area is 122 Å². The lowest BCUT2D eigenvalue weighted by Crippen LogP contribution is -2.34. The fourth-order valence-electron chi connectivity index (χ4n) is 1.92. The van der Waals surface area contributed by atoms with Crippen molar-refractivity contribution in [2.75, 3.05) is 0 Å². The molecule has 0 saturated heterocycles. The zero-order valence-electron chi connectivity index (χ0n) is 12.6. The number of hydrogen-bond donors (Lipinski definition) is 1. The normalized spacial score (nSPS) is 13.0. The van der Waals surface area contributed by atoms with E-state index in [0.29, 0.717) is 11.1 Å². The van der Waals surface area contributed by atoms with Crippen molar-refractivity contribution in [3.05, 3.63) is 46.5 Å². The van der Waals surface area contributed by atoms with E-state index in [0.717, 1.165) is 5.39 Å². The lowest BCUT2D eigenvalue weighted by Gasteiger charge is -2.21. The molecule has 1 heterocycles. The lowest BCUT2D eigenvalue weighted by atomic mass is 10.1. The van der Waals surface area contributed by atoms with Crippen molar-refractivity contribution in [3.8, 4) is 0 Å². The molecule has 0 aliphatic heterocycles. The third kappa shape index (κ3) is 3.84. The van der Waals surface area contributed by atoms with Crippen LogP contribution in [0, 0.1) is 0 Å². The Balaban J connectivity index is 2.22. The van der Waals surface area contributed by atoms with Gasteiger partial charge in [0.1, 0.15) is 11.4 Å². The summed E-state index contributed by atoms with van der Waals surface area (Å²) in [4.78, 5) is 23.6. The van der Waals surface area contributed by atoms with E-state index in [9.17, 15) is 9.59 Å². The fraction of sp³-hybridized carbons (Fsp3) is 0.375. The minimum atomic E-state index is -0.575. The third-order valence-corrected chi connectivity index (χ3v) is 2.85. The first-order valence-electron chi connectivity index (χ1n) is 6.78. The molecule has 1 amide bonds. The molecule has 1 aromatic heterocycles. The van der Waals surface area contributed by atoms with Crippen molar-refractivity contribution in [1.82, 2.24) is 5.32 Å². The van der Waals surface area contributed by atoms with Gasteiger partial charge in [-0.3, -0.25) is 0 Å². The first-order chi connectivity index (χ1) is 9.76. The van der Waals surface area contributed by atoms with E-state index in [4.69, 9.17) is 9.15 Å². The van der Waals surface area contributed by atoms with Gasteiger partial charge in [-0.05, 0) is 45.2 Å². The summed E-state index contributed by atoms with van der Waals surface area (Å²) in [5.41, 5.74) is -0.991. The number of nitrogens with one attached hydrogen (secondary N) is 1. The standard InChI is InChI=1S/C16H19NO4/c1-10(17-15(19)21-16(2,3)4)13-9-11-7-5-6-8-12(11)14(18)20-13/h5-10H,1-4H3,(H,17,19)/t10-/m0/s1. The van der Waals surface area contributed by atoms with Gasteiger partial charge < -0.3 is 14.5 Å². The largest absolute Gasteiger partial charge is 0.444 e. The first-order valence-corrected chi connectivity index (χ1v) is 6.78. The van der Waals surface area contributed by atoms with Gasteiger partial charge in [0.05, 0.1) is 11.4 Å². The summed E-state index contributed by atoms with van der Waals surface area (Å²) in [5.74, 6) is 0.393. The average Bonchev–Trinajstić information content (AvgIpc) is 2.36. The van der Waals surface area contributed by atoms with Crippen LogP contribution in [0.2, 0.25) is 0 Å². The molecule has 2 rings (SSSR count). The Morgan fingerprint density at radius 2 is 1.95 bits per heavy atom. The van der Waals surface area contributed by atoms with Gasteiger partial charge in [0.2, 0.25) is 0 Å². The minimum absolute atomic E-state index is 0.393. The topological polar surface area (TPSA) is 68.5 Å². The summed E-state index contributed by atoms with van der Waals surface area (Å²) in [6.45, 7) is 7.09. The molecule has 0 fully saturated rings. The van der Waals surface area contributed by atoms with Crippen molar-refractivity contribution < 1.29 is 13.9 Å². The zero-order chi connectivity index (χ0) is 15.6. The number of hydrogen-bond acceptors (Lipinski definition) is 4. The predicted octanol–water partition coefficient (Wildman–Crippen LogP) is 3.38. The molecule has 1 N–H and O–H groups in total. The highest BCUT2D eigenvalue weighted by Crippen LogP contribution is 2.17. The van der Waals surface area contributed by atoms with Crippen LogP contribution in [-0.4, -0.2) is 11.7 Å². The molecule has 0 radical (unpaired) electrons. The molecule has 0 bridgehead atoms. The van der Waals surface area contributed by atoms with E-state index < -0.39 is 23.4 Å². The smallest absolute Gasteiger partial charge is 0.408 e. The second-order valence-corrected chi connectivity index (χ2v) is 5.89. The molecular weight excluding hydrogens is 270 g/mol. The Bertz CT molecular complexity index is 712. The van der Waals surface area contributed by atoms with E-state index in [1.807, 2.05) is 12.1 Å². The fourth-order valence-corrected chi connectivity index (χ4v) is 1.92. The predicted molar refractivity (Wildman–Crippen MR) is 80.3 cm³/mol. The molecule has 0 saturated carbocycles. The van der Waals surface area contributed by atoms with Gasteiger partial charge in [-0.25, -0.2) is 9.59 Å². The summed E-state index contributed by atoms with van der Waals surface area (Å²) < 4.78 is 10.4. The number of amides is 1. The Hall–Kier alpha value is -2.30. The van der Waals surface area contributed by atoms with Crippen LogP contribution in [0.3, 0.4) is 0 Å². The van der Waals surface area contributed by atoms with E-state index >= 15 is 0 Å². The third-order valence-electron chi connectivity index (χ3n) is 2.85. The number of benzene rings is 1. The van der Waals surface area contributed by atoms with E-state index in [2.05, 4.69) is 5.32 Å². The van der Waals surface area contributed by atoms with Crippen LogP contribution in [0.4, 0.5) is 4.79 Å². The molecule has 0 spiro atoms. The summed E-state index contributed by atoms with van der Waals surface area (Å²) in [5, 5.41) is 3.95. The van der Waals surface area contributed by atoms with Crippen LogP contribution in [-0.2, 0) is 4.74 Å². The van der Waals surface area contributed by atoms with Gasteiger partial charge in [-0.15, -0.1) is 0 Å². The van der Waals surface area contributed by atoms with Crippen LogP contribution in [0.1, 0.15) is 39.5 Å². The van der Waals surface area contributed by atoms with Crippen molar-refractivity contribution in [2.24, 2.45) is 0 Å². The molecule has 1 aromatic carbocycles. The van der Waals surface area contributed by atoms with Crippen LogP contribution in [0.25, 0.3) is 10.8 Å². The van der Waals surface area contributed by atoms with Gasteiger partial charge >= 0.3 is 11.7 Å². The number of carbonyl (C=O) groups is 1. The van der Waals surface area contributed by atoms with Crippen LogP contribution in [0.15, 0.2) is 39.5 Å². The highest BCUT2D eigenvalue weighted by molar-refractivity contribution is 5.81. The zero-order valence-corrected chi connectivity index (χ0v) is 12.6.